The maximum Gasteiger partial charge on any atom is 0.0387 e. The topological polar surface area (TPSA) is 38.0 Å². The lowest BCUT2D eigenvalue weighted by atomic mass is 9.88. The number of hydrogen-bond acceptors (Lipinski definition) is 2. The van der Waals surface area contributed by atoms with E-state index in [1.807, 2.05) is 0 Å². The van der Waals surface area contributed by atoms with Crippen LogP contribution in [0.25, 0.3) is 0 Å². The van der Waals surface area contributed by atoms with E-state index in [1.54, 1.807) is 0 Å². The zero-order valence-corrected chi connectivity index (χ0v) is 12.3. The Labute approximate surface area is 126 Å². The van der Waals surface area contributed by atoms with E-state index in [0.717, 1.165) is 25.2 Å². The van der Waals surface area contributed by atoms with Gasteiger partial charge in [0, 0.05) is 17.4 Å². The summed E-state index contributed by atoms with van der Waals surface area (Å²) in [6.45, 7) is 0. The smallest absolute Gasteiger partial charge is 0.0387 e. The van der Waals surface area contributed by atoms with Crippen LogP contribution in [0.2, 0.25) is 0 Å². The van der Waals surface area contributed by atoms with Crippen LogP contribution >= 0.6 is 0 Å². The van der Waals surface area contributed by atoms with Crippen LogP contribution in [0.5, 0.6) is 0 Å². The number of hydrogen-bond donors (Lipinski definition) is 2. The zero-order chi connectivity index (χ0) is 14.2. The van der Waals surface area contributed by atoms with Gasteiger partial charge in [0.15, 0.2) is 0 Å². The van der Waals surface area contributed by atoms with Crippen molar-refractivity contribution in [2.75, 3.05) is 5.32 Å². The van der Waals surface area contributed by atoms with Gasteiger partial charge in [0.2, 0.25) is 0 Å². The molecule has 21 heavy (non-hydrogen) atoms. The van der Waals surface area contributed by atoms with Crippen molar-refractivity contribution in [3.63, 3.8) is 0 Å². The minimum absolute atomic E-state index is 0.339. The summed E-state index contributed by atoms with van der Waals surface area (Å²) < 4.78 is 0. The van der Waals surface area contributed by atoms with Crippen LogP contribution < -0.4 is 11.1 Å². The molecule has 2 aliphatic rings. The Balaban J connectivity index is 1.51. The minimum Gasteiger partial charge on any atom is -0.356 e. The van der Waals surface area contributed by atoms with Crippen molar-refractivity contribution in [1.29, 1.82) is 0 Å². The Morgan fingerprint density at radius 1 is 0.857 bits per heavy atom. The van der Waals surface area contributed by atoms with E-state index in [4.69, 9.17) is 5.73 Å². The first-order valence-electron chi connectivity index (χ1n) is 8.02. The van der Waals surface area contributed by atoms with E-state index >= 15 is 0 Å². The molecule has 0 aromatic heterocycles. The molecule has 4 rings (SSSR count). The maximum absolute atomic E-state index is 6.04. The van der Waals surface area contributed by atoms with Crippen molar-refractivity contribution < 1.29 is 0 Å². The molecule has 2 heteroatoms. The molecule has 108 valence electrons. The SMILES string of the molecule is N[C@H]1CCc2cc(Nc3ccc(C4CC4)cc3)ccc2C1. The Kier molecular flexibility index (Phi) is 3.19. The van der Waals surface area contributed by atoms with Crippen LogP contribution in [0, 0.1) is 0 Å². The molecule has 1 atom stereocenters. The molecule has 2 aromatic rings. The highest BCUT2D eigenvalue weighted by Crippen LogP contribution is 2.40. The summed E-state index contributed by atoms with van der Waals surface area (Å²) in [5.41, 5.74) is 12.8. The number of fused-ring (bicyclic) bond motifs is 1. The van der Waals surface area contributed by atoms with E-state index in [9.17, 15) is 0 Å². The van der Waals surface area contributed by atoms with Gasteiger partial charge in [-0.15, -0.1) is 0 Å². The van der Waals surface area contributed by atoms with Crippen molar-refractivity contribution in [2.45, 2.75) is 44.1 Å². The molecule has 2 aromatic carbocycles. The summed E-state index contributed by atoms with van der Waals surface area (Å²) in [5, 5.41) is 3.52. The lowest BCUT2D eigenvalue weighted by Crippen LogP contribution is -2.27. The molecule has 0 aliphatic heterocycles. The van der Waals surface area contributed by atoms with Gasteiger partial charge in [0.05, 0.1) is 0 Å². The molecule has 0 spiro atoms. The minimum atomic E-state index is 0.339. The third kappa shape index (κ3) is 2.81. The number of anilines is 2. The van der Waals surface area contributed by atoms with Gasteiger partial charge >= 0.3 is 0 Å². The fourth-order valence-corrected chi connectivity index (χ4v) is 3.28. The number of rotatable bonds is 3. The quantitative estimate of drug-likeness (QED) is 0.886. The Morgan fingerprint density at radius 2 is 1.62 bits per heavy atom. The van der Waals surface area contributed by atoms with Gasteiger partial charge in [-0.3, -0.25) is 0 Å². The Morgan fingerprint density at radius 3 is 2.38 bits per heavy atom. The molecular formula is C19H22N2. The van der Waals surface area contributed by atoms with Gasteiger partial charge in [-0.2, -0.15) is 0 Å². The van der Waals surface area contributed by atoms with Crippen LogP contribution in [0.4, 0.5) is 11.4 Å². The second kappa shape index (κ2) is 5.19. The van der Waals surface area contributed by atoms with Crippen LogP contribution in [0.15, 0.2) is 42.5 Å². The predicted molar refractivity (Wildman–Crippen MR) is 88.1 cm³/mol. The number of aryl methyl sites for hydroxylation is 1. The number of nitrogens with two attached hydrogens (primary N) is 1. The van der Waals surface area contributed by atoms with Gasteiger partial charge < -0.3 is 11.1 Å². The van der Waals surface area contributed by atoms with Gasteiger partial charge in [-0.25, -0.2) is 0 Å². The first-order chi connectivity index (χ1) is 10.3. The summed E-state index contributed by atoms with van der Waals surface area (Å²) >= 11 is 0. The summed E-state index contributed by atoms with van der Waals surface area (Å²) in [6.07, 6.45) is 5.95. The first-order valence-corrected chi connectivity index (χ1v) is 8.02. The fourth-order valence-electron chi connectivity index (χ4n) is 3.28. The normalized spacial score (nSPS) is 20.9. The summed E-state index contributed by atoms with van der Waals surface area (Å²) in [4.78, 5) is 0. The van der Waals surface area contributed by atoms with Gasteiger partial charge in [-0.1, -0.05) is 18.2 Å². The van der Waals surface area contributed by atoms with Gasteiger partial charge in [-0.05, 0) is 79.0 Å². The molecular weight excluding hydrogens is 256 g/mol. The predicted octanol–water partition coefficient (Wildman–Crippen LogP) is 4.12. The van der Waals surface area contributed by atoms with Crippen LogP contribution in [0.3, 0.4) is 0 Å². The van der Waals surface area contributed by atoms with E-state index in [0.29, 0.717) is 6.04 Å². The average molecular weight is 278 g/mol. The molecule has 0 unspecified atom stereocenters. The fraction of sp³-hybridized carbons (Fsp3) is 0.368. The van der Waals surface area contributed by atoms with Crippen molar-refractivity contribution >= 4 is 11.4 Å². The molecule has 1 saturated carbocycles. The van der Waals surface area contributed by atoms with Crippen molar-refractivity contribution in [1.82, 2.24) is 0 Å². The molecule has 2 aliphatic carbocycles. The Hall–Kier alpha value is -1.80. The van der Waals surface area contributed by atoms with Gasteiger partial charge in [0.1, 0.15) is 0 Å². The highest BCUT2D eigenvalue weighted by atomic mass is 14.9. The number of benzene rings is 2. The van der Waals surface area contributed by atoms with E-state index in [2.05, 4.69) is 47.8 Å². The van der Waals surface area contributed by atoms with E-state index in [1.165, 1.54) is 40.9 Å². The first kappa shape index (κ1) is 12.9. The third-order valence-electron chi connectivity index (χ3n) is 4.72. The van der Waals surface area contributed by atoms with Crippen molar-refractivity contribution in [2.24, 2.45) is 5.73 Å². The zero-order valence-electron chi connectivity index (χ0n) is 12.3. The van der Waals surface area contributed by atoms with E-state index in [-0.39, 0.29) is 0 Å². The lowest BCUT2D eigenvalue weighted by Gasteiger charge is -2.22. The van der Waals surface area contributed by atoms with Crippen molar-refractivity contribution in [3.05, 3.63) is 59.2 Å². The highest BCUT2D eigenvalue weighted by molar-refractivity contribution is 5.61. The van der Waals surface area contributed by atoms with Crippen LogP contribution in [-0.2, 0) is 12.8 Å². The second-order valence-corrected chi connectivity index (χ2v) is 6.51. The Bertz CT molecular complexity index is 641. The summed E-state index contributed by atoms with van der Waals surface area (Å²) in [7, 11) is 0. The lowest BCUT2D eigenvalue weighted by molar-refractivity contribution is 0.577. The monoisotopic (exact) mass is 278 g/mol. The molecule has 2 nitrogen and oxygen atoms in total. The second-order valence-electron chi connectivity index (χ2n) is 6.51. The average Bonchev–Trinajstić information content (AvgIpc) is 3.33. The van der Waals surface area contributed by atoms with Crippen LogP contribution in [0.1, 0.15) is 41.9 Å². The van der Waals surface area contributed by atoms with Crippen molar-refractivity contribution in [3.8, 4) is 0 Å². The van der Waals surface area contributed by atoms with Crippen LogP contribution in [-0.4, -0.2) is 6.04 Å². The molecule has 0 heterocycles. The molecule has 1 fully saturated rings. The maximum atomic E-state index is 6.04. The number of nitrogens with one attached hydrogen (secondary N) is 1. The standard InChI is InChI=1S/C19H22N2/c20-17-7-3-16-12-19(10-6-15(16)11-17)21-18-8-4-14(5-9-18)13-1-2-13/h4-6,8-10,12-13,17,21H,1-3,7,11,20H2/t17-/m0/s1. The van der Waals surface area contributed by atoms with Gasteiger partial charge in [0.25, 0.3) is 0 Å². The molecule has 0 bridgehead atoms. The highest BCUT2D eigenvalue weighted by Gasteiger charge is 2.22. The summed E-state index contributed by atoms with van der Waals surface area (Å²) in [6, 6.07) is 15.9. The van der Waals surface area contributed by atoms with E-state index < -0.39 is 0 Å². The molecule has 0 radical (unpaired) electrons. The largest absolute Gasteiger partial charge is 0.356 e. The third-order valence-corrected chi connectivity index (χ3v) is 4.72. The molecule has 0 saturated heterocycles. The molecule has 3 N–H and O–H groups in total. The molecule has 0 amide bonds. The summed E-state index contributed by atoms with van der Waals surface area (Å²) in [5.74, 6) is 0.826.